The molecule has 0 rings (SSSR count). The van der Waals surface area contributed by atoms with Gasteiger partial charge in [-0.25, -0.2) is 0 Å². The minimum Gasteiger partial charge on any atom is -0.323 e. The van der Waals surface area contributed by atoms with Crippen molar-refractivity contribution in [2.75, 3.05) is 20.0 Å². The largest absolute Gasteiger partial charge is 0.323 e. The zero-order valence-electron chi connectivity index (χ0n) is 5.29. The summed E-state index contributed by atoms with van der Waals surface area (Å²) < 4.78 is 0. The Kier molecular flexibility index (Phi) is 23.9. The van der Waals surface area contributed by atoms with Crippen molar-refractivity contribution in [3.63, 3.8) is 0 Å². The number of hydrogen-bond acceptors (Lipinski definition) is 1. The van der Waals surface area contributed by atoms with Crippen molar-refractivity contribution in [3.05, 3.63) is 0 Å². The monoisotopic (exact) mass is 123 g/mol. The first-order valence-electron chi connectivity index (χ1n) is 2.47. The Balaban J connectivity index is 0. The Bertz CT molecular complexity index is 15.6. The maximum Gasteiger partial charge on any atom is 0.0220 e. The van der Waals surface area contributed by atoms with Crippen LogP contribution in [0.2, 0.25) is 0 Å². The first-order valence-corrected chi connectivity index (χ1v) is 3.01. The Morgan fingerprint density at radius 2 is 1.57 bits per heavy atom. The van der Waals surface area contributed by atoms with E-state index in [1.165, 1.54) is 0 Å². The Hall–Kier alpha value is 0.250. The van der Waals surface area contributed by atoms with Crippen LogP contribution >= 0.6 is 11.6 Å². The third-order valence-electron chi connectivity index (χ3n) is 0.189. The molecule has 0 atom stereocenters. The van der Waals surface area contributed by atoms with E-state index in [2.05, 4.69) is 5.32 Å². The van der Waals surface area contributed by atoms with Gasteiger partial charge in [0.05, 0.1) is 0 Å². The summed E-state index contributed by atoms with van der Waals surface area (Å²) in [4.78, 5) is 0. The summed E-state index contributed by atoms with van der Waals surface area (Å²) in [6.07, 6.45) is 1.08. The standard InChI is InChI=1S/C3H7Cl.C2H7N/c1-2-3-4;1-3-2/h2-3H2,1H3;3H,1-2H3. The highest BCUT2D eigenvalue weighted by Gasteiger charge is 1.59. The van der Waals surface area contributed by atoms with Crippen molar-refractivity contribution in [1.82, 2.24) is 5.32 Å². The van der Waals surface area contributed by atoms with E-state index in [0.29, 0.717) is 0 Å². The summed E-state index contributed by atoms with van der Waals surface area (Å²) in [5.74, 6) is 0.792. The maximum atomic E-state index is 5.19. The van der Waals surface area contributed by atoms with E-state index < -0.39 is 0 Å². The molecule has 2 heteroatoms. The van der Waals surface area contributed by atoms with Gasteiger partial charge in [0.15, 0.2) is 0 Å². The van der Waals surface area contributed by atoms with Crippen LogP contribution in [0.15, 0.2) is 0 Å². The molecule has 0 radical (unpaired) electrons. The van der Waals surface area contributed by atoms with Gasteiger partial charge in [-0.1, -0.05) is 6.92 Å². The van der Waals surface area contributed by atoms with Gasteiger partial charge in [0.25, 0.3) is 0 Å². The highest BCUT2D eigenvalue weighted by atomic mass is 35.5. The molecule has 0 aliphatic carbocycles. The van der Waals surface area contributed by atoms with E-state index in [0.717, 1.165) is 12.3 Å². The van der Waals surface area contributed by atoms with Crippen LogP contribution in [0.25, 0.3) is 0 Å². The summed E-state index contributed by atoms with van der Waals surface area (Å²) in [7, 11) is 3.75. The molecule has 0 aliphatic rings. The molecule has 0 fully saturated rings. The fraction of sp³-hybridized carbons (Fsp3) is 1.00. The number of rotatable bonds is 1. The predicted octanol–water partition coefficient (Wildman–Crippen LogP) is 1.47. The second kappa shape index (κ2) is 16.3. The van der Waals surface area contributed by atoms with Gasteiger partial charge in [-0.3, -0.25) is 0 Å². The van der Waals surface area contributed by atoms with E-state index >= 15 is 0 Å². The fourth-order valence-electron chi connectivity index (χ4n) is 0. The van der Waals surface area contributed by atoms with Gasteiger partial charge in [-0.2, -0.15) is 0 Å². The lowest BCUT2D eigenvalue weighted by Crippen LogP contribution is -1.89. The lowest BCUT2D eigenvalue weighted by molar-refractivity contribution is 1.02. The molecule has 0 unspecified atom stereocenters. The Morgan fingerprint density at radius 1 is 1.43 bits per heavy atom. The van der Waals surface area contributed by atoms with Crippen LogP contribution in [-0.2, 0) is 0 Å². The summed E-state index contributed by atoms with van der Waals surface area (Å²) in [5.41, 5.74) is 0. The van der Waals surface area contributed by atoms with Gasteiger partial charge in [-0.05, 0) is 20.5 Å². The van der Waals surface area contributed by atoms with E-state index in [-0.39, 0.29) is 0 Å². The lowest BCUT2D eigenvalue weighted by Gasteiger charge is -1.65. The molecule has 0 aliphatic heterocycles. The summed E-state index contributed by atoms with van der Waals surface area (Å²) in [6, 6.07) is 0. The summed E-state index contributed by atoms with van der Waals surface area (Å²) >= 11 is 5.19. The highest BCUT2D eigenvalue weighted by Crippen LogP contribution is 1.75. The third-order valence-corrected chi connectivity index (χ3v) is 0.567. The molecule has 46 valence electrons. The molecule has 1 nitrogen and oxygen atoms in total. The summed E-state index contributed by atoms with van der Waals surface area (Å²) in [6.45, 7) is 2.05. The molecule has 1 N–H and O–H groups in total. The van der Waals surface area contributed by atoms with Crippen LogP contribution in [0.4, 0.5) is 0 Å². The smallest absolute Gasteiger partial charge is 0.0220 e. The molecule has 0 aromatic heterocycles. The minimum absolute atomic E-state index is 0.792. The van der Waals surface area contributed by atoms with Crippen molar-refractivity contribution < 1.29 is 0 Å². The van der Waals surface area contributed by atoms with Crippen LogP contribution in [0, 0.1) is 0 Å². The second-order valence-corrected chi connectivity index (χ2v) is 1.57. The molecular weight excluding hydrogens is 110 g/mol. The minimum atomic E-state index is 0.792. The van der Waals surface area contributed by atoms with Gasteiger partial charge in [0, 0.05) is 5.88 Å². The van der Waals surface area contributed by atoms with Crippen molar-refractivity contribution in [2.24, 2.45) is 0 Å². The molecular formula is C5H14ClN. The Morgan fingerprint density at radius 3 is 1.57 bits per heavy atom. The van der Waals surface area contributed by atoms with Crippen molar-refractivity contribution in [2.45, 2.75) is 13.3 Å². The van der Waals surface area contributed by atoms with E-state index in [1.54, 1.807) is 0 Å². The number of nitrogens with one attached hydrogen (secondary N) is 1. The Labute approximate surface area is 51.1 Å². The topological polar surface area (TPSA) is 12.0 Å². The second-order valence-electron chi connectivity index (χ2n) is 1.19. The predicted molar refractivity (Wildman–Crippen MR) is 36.0 cm³/mol. The number of alkyl halides is 1. The quantitative estimate of drug-likeness (QED) is 0.521. The molecule has 0 spiro atoms. The molecule has 7 heavy (non-hydrogen) atoms. The normalized spacial score (nSPS) is 6.86. The average Bonchev–Trinajstić information content (AvgIpc) is 1.69. The number of halogens is 1. The van der Waals surface area contributed by atoms with Gasteiger partial charge in [-0.15, -0.1) is 11.6 Å². The average molecular weight is 124 g/mol. The first-order chi connectivity index (χ1) is 3.33. The molecule has 0 aromatic rings. The molecule has 0 amide bonds. The third kappa shape index (κ3) is 72.2. The molecule has 0 saturated heterocycles. The molecule has 0 bridgehead atoms. The SMILES string of the molecule is CCCCl.CNC. The van der Waals surface area contributed by atoms with E-state index in [9.17, 15) is 0 Å². The number of hydrogen-bond donors (Lipinski definition) is 1. The molecule has 0 saturated carbocycles. The van der Waals surface area contributed by atoms with Crippen molar-refractivity contribution >= 4 is 11.6 Å². The highest BCUT2D eigenvalue weighted by molar-refractivity contribution is 6.17. The fourth-order valence-corrected chi connectivity index (χ4v) is 0. The zero-order valence-corrected chi connectivity index (χ0v) is 6.05. The summed E-state index contributed by atoms with van der Waals surface area (Å²) in [5, 5.41) is 2.75. The molecule has 0 heterocycles. The van der Waals surface area contributed by atoms with Crippen molar-refractivity contribution in [1.29, 1.82) is 0 Å². The van der Waals surface area contributed by atoms with E-state index in [1.807, 2.05) is 21.0 Å². The van der Waals surface area contributed by atoms with Crippen molar-refractivity contribution in [3.8, 4) is 0 Å². The van der Waals surface area contributed by atoms with Gasteiger partial charge < -0.3 is 5.32 Å². The van der Waals surface area contributed by atoms with Gasteiger partial charge in [0.1, 0.15) is 0 Å². The van der Waals surface area contributed by atoms with Crippen LogP contribution in [0.3, 0.4) is 0 Å². The molecule has 0 aromatic carbocycles. The van der Waals surface area contributed by atoms with Gasteiger partial charge >= 0.3 is 0 Å². The van der Waals surface area contributed by atoms with Crippen LogP contribution in [0.5, 0.6) is 0 Å². The van der Waals surface area contributed by atoms with Crippen LogP contribution in [0.1, 0.15) is 13.3 Å². The zero-order chi connectivity index (χ0) is 6.12. The first kappa shape index (κ1) is 10.3. The van der Waals surface area contributed by atoms with Gasteiger partial charge in [0.2, 0.25) is 0 Å². The van der Waals surface area contributed by atoms with E-state index in [4.69, 9.17) is 11.6 Å². The maximum absolute atomic E-state index is 5.19. The van der Waals surface area contributed by atoms with Crippen LogP contribution < -0.4 is 5.32 Å². The van der Waals surface area contributed by atoms with Crippen LogP contribution in [-0.4, -0.2) is 20.0 Å². The lowest BCUT2D eigenvalue weighted by atomic mass is 10.6.